The zero-order valence-electron chi connectivity index (χ0n) is 16.6. The van der Waals surface area contributed by atoms with Crippen LogP contribution in [0.1, 0.15) is 0 Å². The normalized spacial score (nSPS) is 15.5. The summed E-state index contributed by atoms with van der Waals surface area (Å²) in [5.41, 5.74) is 0.181. The minimum Gasteiger partial charge on any atom is -0.497 e. The second-order valence-electron chi connectivity index (χ2n) is 6.26. The number of ether oxygens (including phenoxy) is 2. The predicted octanol–water partition coefficient (Wildman–Crippen LogP) is 1.50. The molecule has 0 spiro atoms. The number of rotatable bonds is 8. The number of methoxy groups -OCH3 is 2. The Hall–Kier alpha value is -3.40. The van der Waals surface area contributed by atoms with Crippen molar-refractivity contribution in [3.8, 4) is 11.5 Å². The fourth-order valence-electron chi connectivity index (χ4n) is 2.85. The van der Waals surface area contributed by atoms with Gasteiger partial charge in [-0.3, -0.25) is 19.1 Å². The van der Waals surface area contributed by atoms with E-state index in [9.17, 15) is 13.2 Å². The standard InChI is InChI=1S/C20H22N4O5S/c1-28-15-8-9-18(29-2)17(12-15)24(30(26,27)16-6-4-3-5-7-16)14-20(25)23-19-13-21-10-11-22-19/h3-12,19H,13-14H2,1-2H3,(H,23,25). The van der Waals surface area contributed by atoms with Gasteiger partial charge >= 0.3 is 0 Å². The molecule has 1 amide bonds. The van der Waals surface area contributed by atoms with Crippen LogP contribution in [0.2, 0.25) is 0 Å². The number of benzene rings is 2. The van der Waals surface area contributed by atoms with Crippen molar-refractivity contribution < 1.29 is 22.7 Å². The lowest BCUT2D eigenvalue weighted by Gasteiger charge is -2.26. The number of nitrogens with zero attached hydrogens (tertiary/aromatic N) is 3. The molecular formula is C20H22N4O5S. The van der Waals surface area contributed by atoms with Crippen molar-refractivity contribution in [2.24, 2.45) is 9.98 Å². The smallest absolute Gasteiger partial charge is 0.264 e. The second kappa shape index (κ2) is 9.40. The molecule has 2 aromatic carbocycles. The number of hydrogen-bond donors (Lipinski definition) is 1. The maximum absolute atomic E-state index is 13.4. The Bertz CT molecular complexity index is 1050. The van der Waals surface area contributed by atoms with Crippen LogP contribution in [-0.2, 0) is 14.8 Å². The van der Waals surface area contributed by atoms with Gasteiger partial charge in [0.25, 0.3) is 10.0 Å². The Morgan fingerprint density at radius 1 is 1.13 bits per heavy atom. The quantitative estimate of drug-likeness (QED) is 0.683. The van der Waals surface area contributed by atoms with Crippen LogP contribution in [0, 0.1) is 0 Å². The fourth-order valence-corrected chi connectivity index (χ4v) is 4.30. The molecule has 0 aromatic heterocycles. The summed E-state index contributed by atoms with van der Waals surface area (Å²) in [7, 11) is -1.19. The van der Waals surface area contributed by atoms with Gasteiger partial charge in [0.05, 0.1) is 31.3 Å². The molecule has 9 nitrogen and oxygen atoms in total. The molecule has 0 aliphatic carbocycles. The molecule has 10 heteroatoms. The van der Waals surface area contributed by atoms with E-state index in [0.717, 1.165) is 4.31 Å². The molecule has 0 fully saturated rings. The van der Waals surface area contributed by atoms with E-state index >= 15 is 0 Å². The van der Waals surface area contributed by atoms with Gasteiger partial charge in [0, 0.05) is 18.5 Å². The Kier molecular flexibility index (Phi) is 6.68. The molecule has 0 saturated carbocycles. The summed E-state index contributed by atoms with van der Waals surface area (Å²) in [6.07, 6.45) is 2.48. The summed E-state index contributed by atoms with van der Waals surface area (Å²) in [6, 6.07) is 12.6. The summed E-state index contributed by atoms with van der Waals surface area (Å²) in [5, 5.41) is 2.68. The van der Waals surface area contributed by atoms with E-state index in [2.05, 4.69) is 15.3 Å². The first-order valence-corrected chi connectivity index (χ1v) is 10.5. The lowest BCUT2D eigenvalue weighted by molar-refractivity contribution is -0.120. The summed E-state index contributed by atoms with van der Waals surface area (Å²) >= 11 is 0. The van der Waals surface area contributed by atoms with Gasteiger partial charge in [-0.15, -0.1) is 0 Å². The molecule has 1 N–H and O–H groups in total. The van der Waals surface area contributed by atoms with Gasteiger partial charge in [-0.2, -0.15) is 0 Å². The number of hydrogen-bond acceptors (Lipinski definition) is 7. The van der Waals surface area contributed by atoms with Crippen molar-refractivity contribution in [2.75, 3.05) is 31.6 Å². The van der Waals surface area contributed by atoms with Crippen LogP contribution in [-0.4, -0.2) is 60.2 Å². The Labute approximate surface area is 175 Å². The van der Waals surface area contributed by atoms with E-state index in [1.807, 2.05) is 0 Å². The Balaban J connectivity index is 2.00. The van der Waals surface area contributed by atoms with E-state index in [1.54, 1.807) is 30.3 Å². The van der Waals surface area contributed by atoms with Gasteiger partial charge < -0.3 is 14.8 Å². The van der Waals surface area contributed by atoms with Crippen molar-refractivity contribution in [3.05, 3.63) is 48.5 Å². The first-order chi connectivity index (χ1) is 14.5. The molecule has 0 bridgehead atoms. The summed E-state index contributed by atoms with van der Waals surface area (Å²) in [4.78, 5) is 20.9. The number of sulfonamides is 1. The highest BCUT2D eigenvalue weighted by molar-refractivity contribution is 7.92. The highest BCUT2D eigenvalue weighted by atomic mass is 32.2. The largest absolute Gasteiger partial charge is 0.497 e. The molecule has 1 unspecified atom stereocenters. The van der Waals surface area contributed by atoms with Crippen molar-refractivity contribution in [3.63, 3.8) is 0 Å². The first-order valence-electron chi connectivity index (χ1n) is 9.06. The van der Waals surface area contributed by atoms with E-state index in [0.29, 0.717) is 5.75 Å². The van der Waals surface area contributed by atoms with Gasteiger partial charge in [0.2, 0.25) is 5.91 Å². The van der Waals surface area contributed by atoms with E-state index in [-0.39, 0.29) is 22.9 Å². The van der Waals surface area contributed by atoms with Crippen molar-refractivity contribution >= 4 is 34.0 Å². The highest BCUT2D eigenvalue weighted by Gasteiger charge is 2.30. The first kappa shape index (κ1) is 21.3. The van der Waals surface area contributed by atoms with Gasteiger partial charge in [-0.05, 0) is 24.3 Å². The fraction of sp³-hybridized carbons (Fsp3) is 0.250. The number of amides is 1. The average molecular weight is 430 g/mol. The molecule has 1 aliphatic rings. The molecule has 1 atom stereocenters. The van der Waals surface area contributed by atoms with E-state index < -0.39 is 28.6 Å². The zero-order chi connectivity index (χ0) is 21.6. The number of carbonyl (C=O) groups excluding carboxylic acids is 1. The van der Waals surface area contributed by atoms with E-state index in [1.165, 1.54) is 44.8 Å². The lowest BCUT2D eigenvalue weighted by Crippen LogP contribution is -2.45. The molecule has 158 valence electrons. The third kappa shape index (κ3) is 4.77. The molecule has 1 heterocycles. The SMILES string of the molecule is COc1ccc(OC)c(N(CC(=O)NC2CN=CC=N2)S(=O)(=O)c2ccccc2)c1. The van der Waals surface area contributed by atoms with Crippen LogP contribution in [0.3, 0.4) is 0 Å². The number of nitrogens with one attached hydrogen (secondary N) is 1. The second-order valence-corrected chi connectivity index (χ2v) is 8.12. The van der Waals surface area contributed by atoms with Crippen molar-refractivity contribution in [2.45, 2.75) is 11.1 Å². The topological polar surface area (TPSA) is 110 Å². The molecule has 0 radical (unpaired) electrons. The molecule has 0 saturated heterocycles. The van der Waals surface area contributed by atoms with Crippen LogP contribution in [0.4, 0.5) is 5.69 Å². The Morgan fingerprint density at radius 3 is 2.53 bits per heavy atom. The van der Waals surface area contributed by atoms with Crippen LogP contribution < -0.4 is 19.1 Å². The maximum Gasteiger partial charge on any atom is 0.264 e. The highest BCUT2D eigenvalue weighted by Crippen LogP contribution is 2.35. The Morgan fingerprint density at radius 2 is 1.90 bits per heavy atom. The molecule has 2 aromatic rings. The monoisotopic (exact) mass is 430 g/mol. The molecule has 30 heavy (non-hydrogen) atoms. The number of anilines is 1. The maximum atomic E-state index is 13.4. The third-order valence-corrected chi connectivity index (χ3v) is 6.09. The lowest BCUT2D eigenvalue weighted by atomic mass is 10.2. The molecule has 1 aliphatic heterocycles. The minimum absolute atomic E-state index is 0.0444. The summed E-state index contributed by atoms with van der Waals surface area (Å²) in [5.74, 6) is 0.174. The summed E-state index contributed by atoms with van der Waals surface area (Å²) < 4.78 is 38.4. The van der Waals surface area contributed by atoms with Gasteiger partial charge in [0.1, 0.15) is 24.2 Å². The average Bonchev–Trinajstić information content (AvgIpc) is 2.78. The molecular weight excluding hydrogens is 408 g/mol. The van der Waals surface area contributed by atoms with Gasteiger partial charge in [-0.25, -0.2) is 8.42 Å². The molecule has 3 rings (SSSR count). The predicted molar refractivity (Wildman–Crippen MR) is 114 cm³/mol. The minimum atomic E-state index is -4.08. The van der Waals surface area contributed by atoms with Crippen LogP contribution in [0.15, 0.2) is 63.4 Å². The summed E-state index contributed by atoms with van der Waals surface area (Å²) in [6.45, 7) is -0.188. The number of aliphatic imine (C=N–C) groups is 2. The zero-order valence-corrected chi connectivity index (χ0v) is 17.4. The van der Waals surface area contributed by atoms with E-state index in [4.69, 9.17) is 9.47 Å². The van der Waals surface area contributed by atoms with Crippen molar-refractivity contribution in [1.82, 2.24) is 5.32 Å². The van der Waals surface area contributed by atoms with Crippen LogP contribution in [0.25, 0.3) is 0 Å². The van der Waals surface area contributed by atoms with Crippen molar-refractivity contribution in [1.29, 1.82) is 0 Å². The van der Waals surface area contributed by atoms with Gasteiger partial charge in [0.15, 0.2) is 0 Å². The number of carbonyl (C=O) groups is 1. The van der Waals surface area contributed by atoms with Crippen LogP contribution in [0.5, 0.6) is 11.5 Å². The van der Waals surface area contributed by atoms with Crippen LogP contribution >= 0.6 is 0 Å². The van der Waals surface area contributed by atoms with Gasteiger partial charge in [-0.1, -0.05) is 18.2 Å². The third-order valence-electron chi connectivity index (χ3n) is 4.32.